The molecule has 1 saturated carbocycles. The van der Waals surface area contributed by atoms with Gasteiger partial charge in [0.25, 0.3) is 0 Å². The van der Waals surface area contributed by atoms with Crippen LogP contribution in [0.4, 0.5) is 4.79 Å². The number of nitrogens with one attached hydrogen (secondary N) is 1. The molecule has 0 aromatic heterocycles. The number of carboxylic acids is 1. The number of carboxylic acid groups (broad SMARTS) is 1. The number of aliphatic carboxylic acids is 1. The zero-order valence-corrected chi connectivity index (χ0v) is 10.9. The minimum absolute atomic E-state index is 0.0565. The van der Waals surface area contributed by atoms with Gasteiger partial charge < -0.3 is 15.3 Å². The third kappa shape index (κ3) is 3.62. The number of hydrogen-bond acceptors (Lipinski definition) is 2. The summed E-state index contributed by atoms with van der Waals surface area (Å²) in [5.41, 5.74) is 0. The zero-order valence-electron chi connectivity index (χ0n) is 10.9. The fourth-order valence-electron chi connectivity index (χ4n) is 2.53. The molecule has 5 nitrogen and oxygen atoms in total. The molecule has 2 atom stereocenters. The first-order chi connectivity index (χ1) is 8.56. The van der Waals surface area contributed by atoms with E-state index in [4.69, 9.17) is 5.11 Å². The fraction of sp³-hybridized carbons (Fsp3) is 0.846. The predicted molar refractivity (Wildman–Crippen MR) is 67.3 cm³/mol. The van der Waals surface area contributed by atoms with Crippen LogP contribution in [-0.2, 0) is 4.79 Å². The van der Waals surface area contributed by atoms with E-state index in [-0.39, 0.29) is 12.5 Å². The number of amides is 2. The van der Waals surface area contributed by atoms with Gasteiger partial charge in [-0.05, 0) is 37.5 Å². The number of hydrogen-bond donors (Lipinski definition) is 2. The van der Waals surface area contributed by atoms with E-state index in [2.05, 4.69) is 12.2 Å². The summed E-state index contributed by atoms with van der Waals surface area (Å²) in [6.07, 6.45) is 3.95. The summed E-state index contributed by atoms with van der Waals surface area (Å²) in [4.78, 5) is 24.2. The molecule has 2 amide bonds. The fourth-order valence-corrected chi connectivity index (χ4v) is 2.53. The van der Waals surface area contributed by atoms with Crippen LogP contribution in [0.1, 0.15) is 39.0 Å². The van der Waals surface area contributed by atoms with Crippen molar-refractivity contribution in [1.29, 1.82) is 0 Å². The van der Waals surface area contributed by atoms with Gasteiger partial charge in [0.15, 0.2) is 0 Å². The highest BCUT2D eigenvalue weighted by atomic mass is 16.4. The van der Waals surface area contributed by atoms with Crippen LogP contribution in [0.25, 0.3) is 0 Å². The molecule has 2 rings (SSSR count). The molecule has 1 aliphatic carbocycles. The predicted octanol–water partition coefficient (Wildman–Crippen LogP) is 1.68. The molecule has 0 bridgehead atoms. The topological polar surface area (TPSA) is 69.6 Å². The van der Waals surface area contributed by atoms with Crippen molar-refractivity contribution in [1.82, 2.24) is 10.2 Å². The molecule has 0 radical (unpaired) electrons. The summed E-state index contributed by atoms with van der Waals surface area (Å²) in [5, 5.41) is 11.7. The Bertz CT molecular complexity index is 324. The molecule has 1 heterocycles. The lowest BCUT2D eigenvalue weighted by Gasteiger charge is -2.32. The summed E-state index contributed by atoms with van der Waals surface area (Å²) < 4.78 is 0. The first kappa shape index (κ1) is 13.2. The number of carbonyl (C=O) groups excluding carboxylic acids is 1. The third-order valence-electron chi connectivity index (χ3n) is 4.09. The van der Waals surface area contributed by atoms with Gasteiger partial charge in [-0.15, -0.1) is 0 Å². The maximum Gasteiger partial charge on any atom is 0.317 e. The van der Waals surface area contributed by atoms with E-state index in [9.17, 15) is 9.59 Å². The van der Waals surface area contributed by atoms with Gasteiger partial charge in [0.05, 0.1) is 0 Å². The van der Waals surface area contributed by atoms with Gasteiger partial charge in [0.1, 0.15) is 0 Å². The number of likely N-dealkylation sites (tertiary alicyclic amines) is 1. The molecular formula is C13H22N2O3. The van der Waals surface area contributed by atoms with Gasteiger partial charge in [-0.2, -0.15) is 0 Å². The molecule has 0 aromatic carbocycles. The van der Waals surface area contributed by atoms with Crippen LogP contribution in [0.2, 0.25) is 0 Å². The molecule has 2 unspecified atom stereocenters. The quantitative estimate of drug-likeness (QED) is 0.802. The number of urea groups is 1. The molecule has 18 heavy (non-hydrogen) atoms. The Labute approximate surface area is 108 Å². The standard InChI is InChI=1S/C13H22N2O3/c1-9-8-11(9)14-13(18)15-6-4-10(5-7-15)2-3-12(16)17/h9-11H,2-8H2,1H3,(H,14,18)(H,16,17). The second kappa shape index (κ2) is 5.59. The minimum atomic E-state index is -0.724. The Morgan fingerprint density at radius 1 is 1.33 bits per heavy atom. The molecule has 2 N–H and O–H groups in total. The lowest BCUT2D eigenvalue weighted by molar-refractivity contribution is -0.137. The van der Waals surface area contributed by atoms with Crippen LogP contribution in [0, 0.1) is 11.8 Å². The van der Waals surface area contributed by atoms with Gasteiger partial charge in [0.2, 0.25) is 0 Å². The van der Waals surface area contributed by atoms with Crippen molar-refractivity contribution >= 4 is 12.0 Å². The SMILES string of the molecule is CC1CC1NC(=O)N1CCC(CCC(=O)O)CC1. The summed E-state index contributed by atoms with van der Waals surface area (Å²) in [6, 6.07) is 0.434. The lowest BCUT2D eigenvalue weighted by Crippen LogP contribution is -2.45. The largest absolute Gasteiger partial charge is 0.481 e. The summed E-state index contributed by atoms with van der Waals surface area (Å²) in [7, 11) is 0. The molecule has 0 spiro atoms. The van der Waals surface area contributed by atoms with Crippen LogP contribution < -0.4 is 5.32 Å². The normalized spacial score (nSPS) is 27.9. The summed E-state index contributed by atoms with van der Waals surface area (Å²) in [6.45, 7) is 3.66. The first-order valence-electron chi connectivity index (χ1n) is 6.83. The third-order valence-corrected chi connectivity index (χ3v) is 4.09. The van der Waals surface area contributed by atoms with E-state index in [1.165, 1.54) is 0 Å². The van der Waals surface area contributed by atoms with Crippen LogP contribution in [-0.4, -0.2) is 41.1 Å². The first-order valence-corrected chi connectivity index (χ1v) is 6.83. The molecule has 1 aliphatic heterocycles. The number of carbonyl (C=O) groups is 2. The highest BCUT2D eigenvalue weighted by Gasteiger charge is 2.35. The highest BCUT2D eigenvalue weighted by Crippen LogP contribution is 2.29. The molecule has 1 saturated heterocycles. The van der Waals surface area contributed by atoms with Crippen LogP contribution in [0.5, 0.6) is 0 Å². The molecular weight excluding hydrogens is 232 g/mol. The van der Waals surface area contributed by atoms with Gasteiger partial charge in [-0.25, -0.2) is 4.79 Å². The van der Waals surface area contributed by atoms with E-state index < -0.39 is 5.97 Å². The van der Waals surface area contributed by atoms with Crippen molar-refractivity contribution in [2.24, 2.45) is 11.8 Å². The van der Waals surface area contributed by atoms with Gasteiger partial charge in [0, 0.05) is 25.6 Å². The van der Waals surface area contributed by atoms with Crippen molar-refractivity contribution in [3.63, 3.8) is 0 Å². The van der Waals surface area contributed by atoms with E-state index >= 15 is 0 Å². The Balaban J connectivity index is 1.66. The summed E-state index contributed by atoms with van der Waals surface area (Å²) in [5.74, 6) is 0.366. The lowest BCUT2D eigenvalue weighted by atomic mass is 9.92. The van der Waals surface area contributed by atoms with Crippen molar-refractivity contribution in [2.75, 3.05) is 13.1 Å². The molecule has 2 aliphatic rings. The van der Waals surface area contributed by atoms with Crippen LogP contribution in [0.3, 0.4) is 0 Å². The molecule has 0 aromatic rings. The van der Waals surface area contributed by atoms with E-state index in [1.54, 1.807) is 0 Å². The average Bonchev–Trinajstić information content (AvgIpc) is 3.03. The van der Waals surface area contributed by atoms with E-state index in [0.717, 1.165) is 38.8 Å². The number of rotatable bonds is 4. The van der Waals surface area contributed by atoms with Crippen molar-refractivity contribution < 1.29 is 14.7 Å². The monoisotopic (exact) mass is 254 g/mol. The average molecular weight is 254 g/mol. The second-order valence-electron chi connectivity index (χ2n) is 5.63. The van der Waals surface area contributed by atoms with Gasteiger partial charge in [-0.1, -0.05) is 6.92 Å². The molecule has 5 heteroatoms. The van der Waals surface area contributed by atoms with E-state index in [1.807, 2.05) is 4.90 Å². The smallest absolute Gasteiger partial charge is 0.317 e. The van der Waals surface area contributed by atoms with Gasteiger partial charge >= 0.3 is 12.0 Å². The van der Waals surface area contributed by atoms with Crippen LogP contribution in [0.15, 0.2) is 0 Å². The van der Waals surface area contributed by atoms with E-state index in [0.29, 0.717) is 17.9 Å². The van der Waals surface area contributed by atoms with Crippen LogP contribution >= 0.6 is 0 Å². The Hall–Kier alpha value is -1.26. The maximum absolute atomic E-state index is 11.9. The van der Waals surface area contributed by atoms with Crippen molar-refractivity contribution in [2.45, 2.75) is 45.1 Å². The number of nitrogens with zero attached hydrogens (tertiary/aromatic N) is 1. The second-order valence-corrected chi connectivity index (χ2v) is 5.63. The molecule has 102 valence electrons. The van der Waals surface area contributed by atoms with Crippen molar-refractivity contribution in [3.8, 4) is 0 Å². The highest BCUT2D eigenvalue weighted by molar-refractivity contribution is 5.75. The Morgan fingerprint density at radius 3 is 2.44 bits per heavy atom. The zero-order chi connectivity index (χ0) is 13.1. The minimum Gasteiger partial charge on any atom is -0.481 e. The van der Waals surface area contributed by atoms with Gasteiger partial charge in [-0.3, -0.25) is 4.79 Å². The van der Waals surface area contributed by atoms with Crippen molar-refractivity contribution in [3.05, 3.63) is 0 Å². The Morgan fingerprint density at radius 2 is 1.94 bits per heavy atom. The molecule has 2 fully saturated rings. The summed E-state index contributed by atoms with van der Waals surface area (Å²) >= 11 is 0. The number of piperidine rings is 1. The Kier molecular flexibility index (Phi) is 4.09. The maximum atomic E-state index is 11.9.